The van der Waals surface area contributed by atoms with Gasteiger partial charge < -0.3 is 9.84 Å². The zero-order chi connectivity index (χ0) is 24.3. The molecule has 0 fully saturated rings. The first kappa shape index (κ1) is 24.3. The third kappa shape index (κ3) is 5.78. The average Bonchev–Trinajstić information content (AvgIpc) is 3.12. The highest BCUT2D eigenvalue weighted by atomic mass is 32.1. The van der Waals surface area contributed by atoms with Crippen LogP contribution in [0.4, 0.5) is 13.2 Å². The lowest BCUT2D eigenvalue weighted by Crippen LogP contribution is -2.11. The van der Waals surface area contributed by atoms with Crippen LogP contribution >= 0.6 is 11.3 Å². The van der Waals surface area contributed by atoms with Crippen LogP contribution in [0.15, 0.2) is 42.5 Å². The highest BCUT2D eigenvalue weighted by Crippen LogP contribution is 2.38. The standard InChI is InChI=1S/C26H26F3NO3S/c1-16-14-21(12-8-17(16)9-13-23(31)32)33-15-19-4-2-3-5-22-24(19)30-25(34-22)18-6-10-20(11-7-18)26(27,28)29/h6-8,10-12,14,19H,2-5,9,13,15H2,1H3,(H,31,32). The number of thiazole rings is 1. The van der Waals surface area contributed by atoms with Gasteiger partial charge in [-0.15, -0.1) is 11.3 Å². The summed E-state index contributed by atoms with van der Waals surface area (Å²) in [6.07, 6.45) is 0.208. The van der Waals surface area contributed by atoms with Crippen molar-refractivity contribution in [3.63, 3.8) is 0 Å². The van der Waals surface area contributed by atoms with E-state index in [1.54, 1.807) is 11.3 Å². The largest absolute Gasteiger partial charge is 0.493 e. The van der Waals surface area contributed by atoms with Crippen LogP contribution in [-0.2, 0) is 23.8 Å². The van der Waals surface area contributed by atoms with Gasteiger partial charge in [-0.3, -0.25) is 4.79 Å². The molecule has 4 nitrogen and oxygen atoms in total. The number of nitrogens with zero attached hydrogens (tertiary/aromatic N) is 1. The van der Waals surface area contributed by atoms with E-state index >= 15 is 0 Å². The summed E-state index contributed by atoms with van der Waals surface area (Å²) in [6, 6.07) is 10.9. The van der Waals surface area contributed by atoms with E-state index in [2.05, 4.69) is 0 Å². The van der Waals surface area contributed by atoms with E-state index in [4.69, 9.17) is 14.8 Å². The molecular weight excluding hydrogens is 463 g/mol. The molecule has 1 aromatic heterocycles. The quantitative estimate of drug-likeness (QED) is 0.362. The zero-order valence-electron chi connectivity index (χ0n) is 18.8. The van der Waals surface area contributed by atoms with Crippen LogP contribution in [-0.4, -0.2) is 22.7 Å². The summed E-state index contributed by atoms with van der Waals surface area (Å²) in [7, 11) is 0. The van der Waals surface area contributed by atoms with E-state index < -0.39 is 17.7 Å². The third-order valence-corrected chi connectivity index (χ3v) is 7.33. The van der Waals surface area contributed by atoms with E-state index in [9.17, 15) is 18.0 Å². The lowest BCUT2D eigenvalue weighted by atomic mass is 10.0. The average molecular weight is 490 g/mol. The molecule has 4 rings (SSSR count). The Kier molecular flexibility index (Phi) is 7.26. The van der Waals surface area contributed by atoms with Crippen molar-refractivity contribution in [1.29, 1.82) is 0 Å². The molecular formula is C26H26F3NO3S. The number of ether oxygens (including phenoxy) is 1. The predicted octanol–water partition coefficient (Wildman–Crippen LogP) is 7.04. The number of rotatable bonds is 7. The second kappa shape index (κ2) is 10.2. The smallest absolute Gasteiger partial charge is 0.416 e. The summed E-state index contributed by atoms with van der Waals surface area (Å²) in [5.74, 6) is 0.0346. The molecule has 0 bridgehead atoms. The number of carbonyl (C=O) groups is 1. The summed E-state index contributed by atoms with van der Waals surface area (Å²) in [6.45, 7) is 2.42. The van der Waals surface area contributed by atoms with Gasteiger partial charge in [0.25, 0.3) is 0 Å². The minimum atomic E-state index is -4.35. The summed E-state index contributed by atoms with van der Waals surface area (Å²) in [5.41, 5.74) is 3.01. The second-order valence-electron chi connectivity index (χ2n) is 8.64. The van der Waals surface area contributed by atoms with Crippen molar-refractivity contribution in [3.8, 4) is 16.3 Å². The Morgan fingerprint density at radius 2 is 1.94 bits per heavy atom. The van der Waals surface area contributed by atoms with E-state index in [0.29, 0.717) is 18.6 Å². The van der Waals surface area contributed by atoms with Gasteiger partial charge in [0.2, 0.25) is 0 Å². The molecule has 8 heteroatoms. The molecule has 0 saturated heterocycles. The summed E-state index contributed by atoms with van der Waals surface area (Å²) in [5, 5.41) is 9.64. The van der Waals surface area contributed by atoms with Gasteiger partial charge in [-0.2, -0.15) is 13.2 Å². The van der Waals surface area contributed by atoms with Crippen molar-refractivity contribution in [2.45, 2.75) is 57.5 Å². The van der Waals surface area contributed by atoms with Crippen LogP contribution in [0.3, 0.4) is 0 Å². The van der Waals surface area contributed by atoms with Gasteiger partial charge in [-0.1, -0.05) is 24.6 Å². The first-order chi connectivity index (χ1) is 16.2. The maximum Gasteiger partial charge on any atom is 0.416 e. The fourth-order valence-corrected chi connectivity index (χ4v) is 5.43. The number of hydrogen-bond donors (Lipinski definition) is 1. The van der Waals surface area contributed by atoms with Crippen LogP contribution in [0, 0.1) is 6.92 Å². The van der Waals surface area contributed by atoms with Crippen molar-refractivity contribution in [2.75, 3.05) is 6.61 Å². The minimum absolute atomic E-state index is 0.0942. The molecule has 2 aromatic carbocycles. The topological polar surface area (TPSA) is 59.4 Å². The van der Waals surface area contributed by atoms with Crippen molar-refractivity contribution in [2.24, 2.45) is 0 Å². The molecule has 1 heterocycles. The van der Waals surface area contributed by atoms with E-state index in [1.165, 1.54) is 17.0 Å². The number of aromatic nitrogens is 1. The second-order valence-corrected chi connectivity index (χ2v) is 9.72. The number of alkyl halides is 3. The lowest BCUT2D eigenvalue weighted by Gasteiger charge is -2.16. The van der Waals surface area contributed by atoms with E-state index in [-0.39, 0.29) is 12.3 Å². The van der Waals surface area contributed by atoms with Crippen molar-refractivity contribution in [1.82, 2.24) is 4.98 Å². The van der Waals surface area contributed by atoms with Crippen LogP contribution in [0.25, 0.3) is 10.6 Å². The number of carboxylic acid groups (broad SMARTS) is 1. The molecule has 1 aliphatic rings. The number of carboxylic acids is 1. The molecule has 3 aromatic rings. The number of benzene rings is 2. The summed E-state index contributed by atoms with van der Waals surface area (Å²) >= 11 is 1.56. The maximum absolute atomic E-state index is 12.9. The maximum atomic E-state index is 12.9. The molecule has 0 saturated carbocycles. The Bertz CT molecular complexity index is 1160. The number of halogens is 3. The Balaban J connectivity index is 1.48. The lowest BCUT2D eigenvalue weighted by molar-refractivity contribution is -0.138. The minimum Gasteiger partial charge on any atom is -0.493 e. The molecule has 1 atom stereocenters. The summed E-state index contributed by atoms with van der Waals surface area (Å²) in [4.78, 5) is 16.9. The molecule has 1 unspecified atom stereocenters. The molecule has 180 valence electrons. The van der Waals surface area contributed by atoms with Crippen molar-refractivity contribution in [3.05, 3.63) is 69.7 Å². The predicted molar refractivity (Wildman–Crippen MR) is 125 cm³/mol. The van der Waals surface area contributed by atoms with Crippen LogP contribution < -0.4 is 4.74 Å². The van der Waals surface area contributed by atoms with Crippen LogP contribution in [0.2, 0.25) is 0 Å². The highest BCUT2D eigenvalue weighted by molar-refractivity contribution is 7.15. The number of aryl methyl sites for hydroxylation is 3. The first-order valence-corrected chi connectivity index (χ1v) is 12.1. The third-order valence-electron chi connectivity index (χ3n) is 6.15. The monoisotopic (exact) mass is 489 g/mol. The normalized spacial score (nSPS) is 16.1. The van der Waals surface area contributed by atoms with Gasteiger partial charge in [-0.05, 0) is 68.0 Å². The fourth-order valence-electron chi connectivity index (χ4n) is 4.24. The number of fused-ring (bicyclic) bond motifs is 1. The van der Waals surface area contributed by atoms with Gasteiger partial charge in [0.15, 0.2) is 0 Å². The Morgan fingerprint density at radius 1 is 1.18 bits per heavy atom. The molecule has 1 aliphatic carbocycles. The molecule has 0 spiro atoms. The van der Waals surface area contributed by atoms with Gasteiger partial charge in [0.1, 0.15) is 10.8 Å². The van der Waals surface area contributed by atoms with Gasteiger partial charge in [0.05, 0.1) is 17.9 Å². The van der Waals surface area contributed by atoms with E-state index in [0.717, 1.165) is 65.4 Å². The SMILES string of the molecule is Cc1cc(OCC2CCCCc3sc(-c4ccc(C(F)(F)F)cc4)nc32)ccc1CCC(=O)O. The van der Waals surface area contributed by atoms with Crippen LogP contribution in [0.5, 0.6) is 5.75 Å². The Labute approximate surface area is 200 Å². The van der Waals surface area contributed by atoms with Crippen LogP contribution in [0.1, 0.15) is 58.9 Å². The summed E-state index contributed by atoms with van der Waals surface area (Å²) < 4.78 is 44.8. The molecule has 1 N–H and O–H groups in total. The molecule has 0 aliphatic heterocycles. The molecule has 34 heavy (non-hydrogen) atoms. The molecule has 0 radical (unpaired) electrons. The first-order valence-electron chi connectivity index (χ1n) is 11.3. The van der Waals surface area contributed by atoms with Crippen molar-refractivity contribution < 1.29 is 27.8 Å². The Morgan fingerprint density at radius 3 is 2.62 bits per heavy atom. The number of hydrogen-bond acceptors (Lipinski definition) is 4. The zero-order valence-corrected chi connectivity index (χ0v) is 19.6. The van der Waals surface area contributed by atoms with Gasteiger partial charge >= 0.3 is 12.1 Å². The van der Waals surface area contributed by atoms with E-state index in [1.807, 2.05) is 25.1 Å². The molecule has 0 amide bonds. The Hall–Kier alpha value is -2.87. The highest BCUT2D eigenvalue weighted by Gasteiger charge is 2.30. The van der Waals surface area contributed by atoms with Gasteiger partial charge in [-0.25, -0.2) is 4.98 Å². The fraction of sp³-hybridized carbons (Fsp3) is 0.385. The van der Waals surface area contributed by atoms with Crippen molar-refractivity contribution >= 4 is 17.3 Å². The van der Waals surface area contributed by atoms with Gasteiger partial charge in [0, 0.05) is 22.8 Å². The number of aliphatic carboxylic acids is 1.